The van der Waals surface area contributed by atoms with Crippen molar-refractivity contribution in [2.24, 2.45) is 22.9 Å². The van der Waals surface area contributed by atoms with Gasteiger partial charge in [0.25, 0.3) is 5.69 Å². The normalized spacial score (nSPS) is 22.4. The van der Waals surface area contributed by atoms with Crippen molar-refractivity contribution in [2.45, 2.75) is 96.5 Å². The van der Waals surface area contributed by atoms with Gasteiger partial charge in [-0.1, -0.05) is 73.5 Å². The largest absolute Gasteiger partial charge is 0.459 e. The molecule has 344 valence electrons. The number of aliphatic hydroxyl groups excluding tert-OH is 2. The van der Waals surface area contributed by atoms with Crippen molar-refractivity contribution in [3.8, 4) is 23.0 Å². The number of aryl methyl sites for hydroxylation is 2. The van der Waals surface area contributed by atoms with E-state index in [9.17, 15) is 25.1 Å². The minimum Gasteiger partial charge on any atom is -0.459 e. The number of allylic oxidation sites excluding steroid dienone is 1. The number of rotatable bonds is 21. The SMILES string of the molecule is C=CCO[C@@]12Oc3ccc(Oc4ccc(C)c(C)c4)cc3[C@H]3[C@H](CCCCO)[C@@H](CCCCO)C=C(C(=NOCc4ccccc4)C[C@@H]1N(CCC)C(=O)Oc1ccc([N+](=O)[O-])cc1)[C@H]32. The van der Waals surface area contributed by atoms with Crippen LogP contribution in [0.15, 0.2) is 120 Å². The summed E-state index contributed by atoms with van der Waals surface area (Å²) in [5.41, 5.74) is 5.58. The molecule has 3 aliphatic rings. The van der Waals surface area contributed by atoms with Crippen LogP contribution in [0.3, 0.4) is 0 Å². The molecular weight excluding hydrogens is 827 g/mol. The van der Waals surface area contributed by atoms with E-state index in [4.69, 9.17) is 28.9 Å². The second-order valence-corrected chi connectivity index (χ2v) is 17.2. The molecule has 13 heteroatoms. The molecule has 1 saturated carbocycles. The fourth-order valence-corrected chi connectivity index (χ4v) is 9.79. The quantitative estimate of drug-likeness (QED) is 0.0356. The van der Waals surface area contributed by atoms with E-state index in [-0.39, 0.29) is 68.6 Å². The first kappa shape index (κ1) is 47.0. The molecule has 0 aromatic heterocycles. The molecule has 2 N–H and O–H groups in total. The van der Waals surface area contributed by atoms with Crippen LogP contribution in [-0.4, -0.2) is 70.0 Å². The Bertz CT molecular complexity index is 2330. The van der Waals surface area contributed by atoms with Crippen LogP contribution in [0.1, 0.15) is 86.5 Å². The van der Waals surface area contributed by atoms with E-state index in [1.54, 1.807) is 11.0 Å². The van der Waals surface area contributed by atoms with Crippen molar-refractivity contribution in [3.05, 3.63) is 148 Å². The molecule has 1 fully saturated rings. The molecule has 13 nitrogen and oxygen atoms in total. The molecule has 6 atom stereocenters. The van der Waals surface area contributed by atoms with Crippen LogP contribution in [0.4, 0.5) is 10.5 Å². The number of unbranched alkanes of at least 4 members (excludes halogenated alkanes) is 2. The van der Waals surface area contributed by atoms with Gasteiger partial charge in [-0.2, -0.15) is 0 Å². The first-order valence-electron chi connectivity index (χ1n) is 22.8. The van der Waals surface area contributed by atoms with Crippen LogP contribution >= 0.6 is 0 Å². The molecule has 0 spiro atoms. The summed E-state index contributed by atoms with van der Waals surface area (Å²) in [5.74, 6) is -0.151. The van der Waals surface area contributed by atoms with E-state index in [1.165, 1.54) is 24.3 Å². The number of non-ortho nitro benzene ring substituents is 1. The third-order valence-corrected chi connectivity index (χ3v) is 12.9. The third-order valence-electron chi connectivity index (χ3n) is 12.9. The molecule has 0 bridgehead atoms. The van der Waals surface area contributed by atoms with Crippen LogP contribution in [-0.2, 0) is 16.2 Å². The summed E-state index contributed by atoms with van der Waals surface area (Å²) < 4.78 is 27.0. The topological polar surface area (TPSA) is 162 Å². The monoisotopic (exact) mass is 887 g/mol. The van der Waals surface area contributed by atoms with Gasteiger partial charge < -0.3 is 34.0 Å². The van der Waals surface area contributed by atoms with Crippen molar-refractivity contribution in [1.29, 1.82) is 0 Å². The lowest BCUT2D eigenvalue weighted by atomic mass is 9.55. The molecule has 0 saturated heterocycles. The van der Waals surface area contributed by atoms with Gasteiger partial charge >= 0.3 is 6.09 Å². The van der Waals surface area contributed by atoms with Crippen LogP contribution in [0.5, 0.6) is 23.0 Å². The molecular formula is C52H61N3O10. The second kappa shape index (κ2) is 21.8. The molecule has 4 aromatic rings. The summed E-state index contributed by atoms with van der Waals surface area (Å²) in [6, 6.07) is 26.3. The van der Waals surface area contributed by atoms with Crippen molar-refractivity contribution in [1.82, 2.24) is 4.90 Å². The summed E-state index contributed by atoms with van der Waals surface area (Å²) >= 11 is 0. The number of carbonyl (C=O) groups excluding carboxylic acids is 1. The van der Waals surface area contributed by atoms with Crippen molar-refractivity contribution < 1.29 is 43.7 Å². The highest BCUT2D eigenvalue weighted by Gasteiger charge is 2.65. The average molecular weight is 888 g/mol. The lowest BCUT2D eigenvalue weighted by Gasteiger charge is -2.59. The van der Waals surface area contributed by atoms with Crippen LogP contribution < -0.4 is 14.2 Å². The number of benzene rings is 4. The van der Waals surface area contributed by atoms with Gasteiger partial charge in [0.2, 0.25) is 5.79 Å². The smallest absolute Gasteiger partial charge is 0.415 e. The number of nitro benzene ring substituents is 1. The van der Waals surface area contributed by atoms with Gasteiger partial charge in [-0.3, -0.25) is 15.0 Å². The van der Waals surface area contributed by atoms with Crippen molar-refractivity contribution >= 4 is 17.5 Å². The number of oxime groups is 1. The van der Waals surface area contributed by atoms with E-state index in [0.29, 0.717) is 42.2 Å². The van der Waals surface area contributed by atoms with E-state index >= 15 is 0 Å². The molecule has 2 aliphatic carbocycles. The Morgan fingerprint density at radius 1 is 0.938 bits per heavy atom. The fraction of sp³-hybridized carbons (Fsp3) is 0.423. The lowest BCUT2D eigenvalue weighted by molar-refractivity contribution is -0.384. The zero-order valence-corrected chi connectivity index (χ0v) is 37.6. The Morgan fingerprint density at radius 2 is 1.65 bits per heavy atom. The van der Waals surface area contributed by atoms with E-state index < -0.39 is 28.8 Å². The minimum atomic E-state index is -1.50. The number of nitrogens with zero attached hydrogens (tertiary/aromatic N) is 3. The highest BCUT2D eigenvalue weighted by atomic mass is 16.7. The number of ether oxygens (including phenoxy) is 4. The van der Waals surface area contributed by atoms with E-state index in [2.05, 4.69) is 32.6 Å². The number of hydrogen-bond donors (Lipinski definition) is 2. The number of nitro groups is 1. The Morgan fingerprint density at radius 3 is 2.34 bits per heavy atom. The zero-order valence-electron chi connectivity index (χ0n) is 37.6. The molecule has 1 heterocycles. The molecule has 7 rings (SSSR count). The van der Waals surface area contributed by atoms with E-state index in [0.717, 1.165) is 53.5 Å². The predicted molar refractivity (Wildman–Crippen MR) is 248 cm³/mol. The molecule has 0 unspecified atom stereocenters. The molecule has 1 aliphatic heterocycles. The average Bonchev–Trinajstić information content (AvgIpc) is 3.30. The Hall–Kier alpha value is -6.02. The number of amides is 1. The molecule has 4 aromatic carbocycles. The van der Waals surface area contributed by atoms with Gasteiger partial charge in [0.1, 0.15) is 35.6 Å². The minimum absolute atomic E-state index is 0.0112. The predicted octanol–water partition coefficient (Wildman–Crippen LogP) is 10.7. The number of aliphatic hydroxyl groups is 2. The highest BCUT2D eigenvalue weighted by Crippen LogP contribution is 2.62. The van der Waals surface area contributed by atoms with Crippen LogP contribution in [0.25, 0.3) is 0 Å². The van der Waals surface area contributed by atoms with Crippen molar-refractivity contribution in [3.63, 3.8) is 0 Å². The number of fused-ring (bicyclic) bond motifs is 2. The van der Waals surface area contributed by atoms with Gasteiger partial charge in [0.15, 0.2) is 0 Å². The number of hydrogen-bond acceptors (Lipinski definition) is 11. The van der Waals surface area contributed by atoms with Gasteiger partial charge in [-0.25, -0.2) is 4.79 Å². The van der Waals surface area contributed by atoms with Gasteiger partial charge in [0.05, 0.1) is 23.2 Å². The molecule has 65 heavy (non-hydrogen) atoms. The Labute approximate surface area is 381 Å². The van der Waals surface area contributed by atoms with Crippen LogP contribution in [0.2, 0.25) is 0 Å². The Balaban J connectivity index is 1.42. The van der Waals surface area contributed by atoms with Crippen molar-refractivity contribution in [2.75, 3.05) is 26.4 Å². The summed E-state index contributed by atoms with van der Waals surface area (Å²) in [5, 5.41) is 36.3. The third kappa shape index (κ3) is 10.6. The van der Waals surface area contributed by atoms with E-state index in [1.807, 2.05) is 67.6 Å². The van der Waals surface area contributed by atoms with Gasteiger partial charge in [-0.05, 0) is 123 Å². The summed E-state index contributed by atoms with van der Waals surface area (Å²) in [7, 11) is 0. The summed E-state index contributed by atoms with van der Waals surface area (Å²) in [6.45, 7) is 10.9. The van der Waals surface area contributed by atoms with Gasteiger partial charge in [-0.15, -0.1) is 6.58 Å². The maximum Gasteiger partial charge on any atom is 0.415 e. The molecule has 1 amide bonds. The maximum atomic E-state index is 14.7. The summed E-state index contributed by atoms with van der Waals surface area (Å²) in [6.07, 6.45) is 8.48. The Kier molecular flexibility index (Phi) is 15.7. The maximum absolute atomic E-state index is 14.7. The standard InChI is InChI=1S/C52H61N3O10/c1-5-26-54(51(58)64-40-22-19-39(20-23-40)55(59)60)48-33-46(53-62-34-37-14-8-7-9-15-37)44-31-38(16-10-12-27-56)43(17-11-13-28-57)49-45-32-42(63-41-21-18-35(3)36(4)30-41)24-25-47(45)65-52(48,50(44)49)61-29-6-2/h6-9,14-15,18-25,30-32,38,43,48-50,56-57H,2,5,10-13,16-17,26-29,33-34H2,1,3-4H3/t38-,43+,48-,49+,50+,52+/m0/s1. The highest BCUT2D eigenvalue weighted by molar-refractivity contribution is 6.03. The van der Waals surface area contributed by atoms with Gasteiger partial charge in [0, 0.05) is 49.8 Å². The summed E-state index contributed by atoms with van der Waals surface area (Å²) in [4.78, 5) is 33.5. The first-order valence-corrected chi connectivity index (χ1v) is 22.8. The molecule has 0 radical (unpaired) electrons. The lowest BCUT2D eigenvalue weighted by Crippen LogP contribution is -2.70. The fourth-order valence-electron chi connectivity index (χ4n) is 9.79. The van der Waals surface area contributed by atoms with Crippen LogP contribution in [0, 0.1) is 41.7 Å². The number of carbonyl (C=O) groups is 1. The first-order chi connectivity index (χ1) is 31.6. The zero-order chi connectivity index (χ0) is 45.9. The second-order valence-electron chi connectivity index (χ2n) is 17.2.